The van der Waals surface area contributed by atoms with Crippen LogP contribution in [0.4, 0.5) is 5.69 Å². The van der Waals surface area contributed by atoms with Gasteiger partial charge in [-0.1, -0.05) is 53.7 Å². The van der Waals surface area contributed by atoms with Crippen LogP contribution in [-0.4, -0.2) is 41.2 Å². The molecule has 10 heteroatoms. The van der Waals surface area contributed by atoms with E-state index in [-0.39, 0.29) is 11.7 Å². The van der Waals surface area contributed by atoms with E-state index in [0.29, 0.717) is 21.6 Å². The Morgan fingerprint density at radius 1 is 1.17 bits per heavy atom. The maximum atomic E-state index is 12.5. The number of anilines is 1. The minimum Gasteiger partial charge on any atom is -0.323 e. The van der Waals surface area contributed by atoms with Gasteiger partial charge in [-0.25, -0.2) is 9.67 Å². The molecule has 4 rings (SSSR count). The van der Waals surface area contributed by atoms with Gasteiger partial charge in [0.25, 0.3) is 0 Å². The first-order valence-corrected chi connectivity index (χ1v) is 10.00. The Bertz CT molecular complexity index is 1130. The van der Waals surface area contributed by atoms with Gasteiger partial charge in [0.2, 0.25) is 5.91 Å². The predicted molar refractivity (Wildman–Crippen MR) is 112 cm³/mol. The van der Waals surface area contributed by atoms with Gasteiger partial charge < -0.3 is 9.88 Å². The number of carbonyl (C=O) groups is 1. The molecule has 1 N–H and O–H groups in total. The molecular formula is C19H16ClN7OS. The molecule has 1 amide bonds. The van der Waals surface area contributed by atoms with Gasteiger partial charge in [-0.3, -0.25) is 4.79 Å². The van der Waals surface area contributed by atoms with Crippen molar-refractivity contribution in [1.29, 1.82) is 0 Å². The number of amides is 1. The highest BCUT2D eigenvalue weighted by Crippen LogP contribution is 2.25. The van der Waals surface area contributed by atoms with Crippen molar-refractivity contribution in [2.75, 3.05) is 11.1 Å². The number of nitrogens with one attached hydrogen (secondary N) is 1. The first-order valence-electron chi connectivity index (χ1n) is 8.64. The van der Waals surface area contributed by atoms with Gasteiger partial charge in [0.05, 0.1) is 17.1 Å². The number of nitrogens with zero attached hydrogens (tertiary/aromatic N) is 6. The lowest BCUT2D eigenvalue weighted by atomic mass is 10.2. The average molecular weight is 426 g/mol. The minimum atomic E-state index is -0.192. The summed E-state index contributed by atoms with van der Waals surface area (Å²) >= 11 is 7.40. The van der Waals surface area contributed by atoms with Gasteiger partial charge in [0.1, 0.15) is 12.7 Å². The van der Waals surface area contributed by atoms with Crippen molar-refractivity contribution >= 4 is 35.0 Å². The van der Waals surface area contributed by atoms with Crippen molar-refractivity contribution in [2.24, 2.45) is 7.05 Å². The van der Waals surface area contributed by atoms with Gasteiger partial charge in [0.15, 0.2) is 11.0 Å². The van der Waals surface area contributed by atoms with Gasteiger partial charge in [0, 0.05) is 17.6 Å². The predicted octanol–water partition coefficient (Wildman–Crippen LogP) is 3.45. The molecular weight excluding hydrogens is 410 g/mol. The zero-order chi connectivity index (χ0) is 20.2. The standard InChI is InChI=1S/C19H16ClN7OS/c1-26-18(13-5-3-2-4-6-13)24-25-19(26)29-10-17(28)23-15-9-14(20)7-8-16(15)27-12-21-11-22-27/h2-9,11-12H,10H2,1H3,(H,23,28). The number of carbonyl (C=O) groups excluding carboxylic acids is 1. The largest absolute Gasteiger partial charge is 0.323 e. The molecule has 4 aromatic rings. The Hall–Kier alpha value is -3.17. The maximum absolute atomic E-state index is 12.5. The number of rotatable bonds is 6. The zero-order valence-corrected chi connectivity index (χ0v) is 16.9. The van der Waals surface area contributed by atoms with Crippen LogP contribution in [0.5, 0.6) is 0 Å². The van der Waals surface area contributed by atoms with E-state index >= 15 is 0 Å². The lowest BCUT2D eigenvalue weighted by molar-refractivity contribution is -0.113. The highest BCUT2D eigenvalue weighted by molar-refractivity contribution is 7.99. The zero-order valence-electron chi connectivity index (χ0n) is 15.4. The van der Waals surface area contributed by atoms with Crippen LogP contribution in [0.2, 0.25) is 5.02 Å². The first-order chi connectivity index (χ1) is 14.1. The summed E-state index contributed by atoms with van der Waals surface area (Å²) in [6, 6.07) is 15.0. The topological polar surface area (TPSA) is 90.5 Å². The molecule has 2 heterocycles. The Labute approximate surface area is 175 Å². The Morgan fingerprint density at radius 3 is 2.76 bits per heavy atom. The normalized spacial score (nSPS) is 10.8. The summed E-state index contributed by atoms with van der Waals surface area (Å²) in [5.74, 6) is 0.726. The third kappa shape index (κ3) is 4.30. The van der Waals surface area contributed by atoms with Crippen molar-refractivity contribution in [2.45, 2.75) is 5.16 Å². The van der Waals surface area contributed by atoms with Gasteiger partial charge >= 0.3 is 0 Å². The maximum Gasteiger partial charge on any atom is 0.234 e. The molecule has 0 bridgehead atoms. The lowest BCUT2D eigenvalue weighted by Crippen LogP contribution is -2.16. The van der Waals surface area contributed by atoms with Crippen LogP contribution < -0.4 is 5.32 Å². The molecule has 0 spiro atoms. The quantitative estimate of drug-likeness (QED) is 0.476. The van der Waals surface area contributed by atoms with E-state index < -0.39 is 0 Å². The van der Waals surface area contributed by atoms with Crippen LogP contribution in [0.1, 0.15) is 0 Å². The van der Waals surface area contributed by atoms with E-state index in [4.69, 9.17) is 11.6 Å². The van der Waals surface area contributed by atoms with Gasteiger partial charge in [-0.2, -0.15) is 5.10 Å². The molecule has 0 radical (unpaired) electrons. The Morgan fingerprint density at radius 2 is 2.00 bits per heavy atom. The fraction of sp³-hybridized carbons (Fsp3) is 0.105. The van der Waals surface area contributed by atoms with Crippen molar-refractivity contribution in [3.8, 4) is 17.1 Å². The molecule has 29 heavy (non-hydrogen) atoms. The van der Waals surface area contributed by atoms with Crippen LogP contribution in [0.15, 0.2) is 66.3 Å². The first kappa shape index (κ1) is 19.2. The minimum absolute atomic E-state index is 0.171. The second-order valence-electron chi connectivity index (χ2n) is 6.07. The molecule has 0 unspecified atom stereocenters. The van der Waals surface area contributed by atoms with Crippen LogP contribution in [0, 0.1) is 0 Å². The summed E-state index contributed by atoms with van der Waals surface area (Å²) in [6.07, 6.45) is 2.98. The Balaban J connectivity index is 1.46. The summed E-state index contributed by atoms with van der Waals surface area (Å²) in [5.41, 5.74) is 2.20. The molecule has 0 atom stereocenters. The smallest absolute Gasteiger partial charge is 0.234 e. The van der Waals surface area contributed by atoms with Gasteiger partial charge in [-0.15, -0.1) is 10.2 Å². The molecule has 2 aromatic carbocycles. The van der Waals surface area contributed by atoms with Crippen LogP contribution in [0.3, 0.4) is 0 Å². The third-order valence-electron chi connectivity index (χ3n) is 4.10. The van der Waals surface area contributed by atoms with E-state index in [1.54, 1.807) is 29.2 Å². The van der Waals surface area contributed by atoms with Crippen LogP contribution in [0.25, 0.3) is 17.1 Å². The molecule has 8 nitrogen and oxygen atoms in total. The van der Waals surface area contributed by atoms with E-state index in [0.717, 1.165) is 11.4 Å². The number of halogens is 1. The fourth-order valence-corrected chi connectivity index (χ4v) is 3.62. The van der Waals surface area contributed by atoms with Crippen molar-refractivity contribution < 1.29 is 4.79 Å². The SMILES string of the molecule is Cn1c(SCC(=O)Nc2cc(Cl)ccc2-n2cncn2)nnc1-c1ccccc1. The van der Waals surface area contributed by atoms with E-state index in [2.05, 4.69) is 25.6 Å². The highest BCUT2D eigenvalue weighted by Gasteiger charge is 2.14. The van der Waals surface area contributed by atoms with Crippen molar-refractivity contribution in [3.63, 3.8) is 0 Å². The fourth-order valence-electron chi connectivity index (χ4n) is 2.74. The second-order valence-corrected chi connectivity index (χ2v) is 7.45. The van der Waals surface area contributed by atoms with Crippen LogP contribution >= 0.6 is 23.4 Å². The number of aromatic nitrogens is 6. The van der Waals surface area contributed by atoms with E-state index in [1.165, 1.54) is 18.1 Å². The molecule has 0 aliphatic carbocycles. The third-order valence-corrected chi connectivity index (χ3v) is 5.35. The summed E-state index contributed by atoms with van der Waals surface area (Å²) in [7, 11) is 1.88. The van der Waals surface area contributed by atoms with Crippen LogP contribution in [-0.2, 0) is 11.8 Å². The summed E-state index contributed by atoms with van der Waals surface area (Å²) in [5, 5.41) is 16.6. The van der Waals surface area contributed by atoms with E-state index in [1.807, 2.05) is 41.9 Å². The second kappa shape index (κ2) is 8.46. The molecule has 0 aliphatic rings. The molecule has 146 valence electrons. The average Bonchev–Trinajstić information content (AvgIpc) is 3.37. The Kier molecular flexibility index (Phi) is 5.59. The number of benzene rings is 2. The number of hydrogen-bond acceptors (Lipinski definition) is 6. The number of hydrogen-bond donors (Lipinski definition) is 1. The molecule has 0 saturated heterocycles. The summed E-state index contributed by atoms with van der Waals surface area (Å²) < 4.78 is 3.43. The van der Waals surface area contributed by atoms with E-state index in [9.17, 15) is 4.79 Å². The highest BCUT2D eigenvalue weighted by atomic mass is 35.5. The molecule has 0 saturated carbocycles. The molecule has 0 aliphatic heterocycles. The monoisotopic (exact) mass is 425 g/mol. The molecule has 0 fully saturated rings. The van der Waals surface area contributed by atoms with Crippen molar-refractivity contribution in [1.82, 2.24) is 29.5 Å². The van der Waals surface area contributed by atoms with Gasteiger partial charge in [-0.05, 0) is 18.2 Å². The lowest BCUT2D eigenvalue weighted by Gasteiger charge is -2.11. The number of thioether (sulfide) groups is 1. The summed E-state index contributed by atoms with van der Waals surface area (Å²) in [6.45, 7) is 0. The van der Waals surface area contributed by atoms with Crippen molar-refractivity contribution in [3.05, 3.63) is 66.2 Å². The molecule has 2 aromatic heterocycles. The summed E-state index contributed by atoms with van der Waals surface area (Å²) in [4.78, 5) is 16.5.